The highest BCUT2D eigenvalue weighted by Crippen LogP contribution is 2.22. The molecule has 0 aromatic heterocycles. The first-order valence-corrected chi connectivity index (χ1v) is 6.86. The normalized spacial score (nSPS) is 23.3. The summed E-state index contributed by atoms with van der Waals surface area (Å²) in [6, 6.07) is -1.29. The fourth-order valence-corrected chi connectivity index (χ4v) is 2.19. The van der Waals surface area contributed by atoms with E-state index in [9.17, 15) is 22.8 Å². The number of carbonyl (C=O) groups is 2. The maximum absolute atomic E-state index is 12.3. The standard InChI is InChI=1S/C13H21F3N2O3/c1-12(2,3)21-11(20)18-9-7-5-4-6-8(9)17-10(19)13(14,15)16/h8-9H,4-7H2,1-3H3,(H,17,19)(H,18,20)/t8-,9?/m1/s1. The fourth-order valence-electron chi connectivity index (χ4n) is 2.19. The van der Waals surface area contributed by atoms with Crippen LogP contribution >= 0.6 is 0 Å². The molecule has 21 heavy (non-hydrogen) atoms. The molecule has 0 spiro atoms. The summed E-state index contributed by atoms with van der Waals surface area (Å²) in [5, 5.41) is 4.48. The third kappa shape index (κ3) is 6.22. The summed E-state index contributed by atoms with van der Waals surface area (Å²) < 4.78 is 42.0. The van der Waals surface area contributed by atoms with Gasteiger partial charge in [-0.25, -0.2) is 4.79 Å². The van der Waals surface area contributed by atoms with Crippen LogP contribution in [0.2, 0.25) is 0 Å². The van der Waals surface area contributed by atoms with Crippen LogP contribution in [0.3, 0.4) is 0 Å². The molecule has 2 N–H and O–H groups in total. The average molecular weight is 310 g/mol. The van der Waals surface area contributed by atoms with Crippen molar-refractivity contribution in [2.24, 2.45) is 0 Å². The maximum Gasteiger partial charge on any atom is 0.471 e. The van der Waals surface area contributed by atoms with Crippen LogP contribution in [0.5, 0.6) is 0 Å². The van der Waals surface area contributed by atoms with E-state index in [2.05, 4.69) is 5.32 Å². The molecule has 1 unspecified atom stereocenters. The minimum absolute atomic E-state index is 0.391. The van der Waals surface area contributed by atoms with Crippen LogP contribution in [0, 0.1) is 0 Å². The number of rotatable bonds is 2. The zero-order chi connectivity index (χ0) is 16.3. The Hall–Kier alpha value is -1.47. The van der Waals surface area contributed by atoms with Gasteiger partial charge >= 0.3 is 18.2 Å². The van der Waals surface area contributed by atoms with Crippen LogP contribution < -0.4 is 10.6 Å². The van der Waals surface area contributed by atoms with E-state index >= 15 is 0 Å². The molecule has 5 nitrogen and oxygen atoms in total. The average Bonchev–Trinajstić information content (AvgIpc) is 2.27. The number of hydrogen-bond donors (Lipinski definition) is 2. The van der Waals surface area contributed by atoms with Crippen molar-refractivity contribution in [3.05, 3.63) is 0 Å². The number of hydrogen-bond acceptors (Lipinski definition) is 3. The van der Waals surface area contributed by atoms with Gasteiger partial charge in [-0.15, -0.1) is 0 Å². The summed E-state index contributed by atoms with van der Waals surface area (Å²) in [5.41, 5.74) is -0.691. The molecule has 2 atom stereocenters. The molecular formula is C13H21F3N2O3. The predicted octanol–water partition coefficient (Wildman–Crippen LogP) is 2.50. The van der Waals surface area contributed by atoms with E-state index in [-0.39, 0.29) is 0 Å². The van der Waals surface area contributed by atoms with E-state index in [1.807, 2.05) is 5.32 Å². The Morgan fingerprint density at radius 2 is 1.48 bits per heavy atom. The van der Waals surface area contributed by atoms with E-state index in [1.165, 1.54) is 0 Å². The Morgan fingerprint density at radius 3 is 1.90 bits per heavy atom. The van der Waals surface area contributed by atoms with Crippen molar-refractivity contribution in [1.29, 1.82) is 0 Å². The van der Waals surface area contributed by atoms with E-state index < -0.39 is 35.9 Å². The topological polar surface area (TPSA) is 67.4 Å². The summed E-state index contributed by atoms with van der Waals surface area (Å²) in [5.74, 6) is -1.98. The van der Waals surface area contributed by atoms with E-state index in [4.69, 9.17) is 4.74 Å². The largest absolute Gasteiger partial charge is 0.471 e. The van der Waals surface area contributed by atoms with Crippen LogP contribution in [-0.2, 0) is 9.53 Å². The van der Waals surface area contributed by atoms with Gasteiger partial charge in [0.1, 0.15) is 5.60 Å². The minimum atomic E-state index is -4.92. The second-order valence-corrected chi connectivity index (χ2v) is 6.11. The monoisotopic (exact) mass is 310 g/mol. The predicted molar refractivity (Wildman–Crippen MR) is 69.6 cm³/mol. The van der Waals surface area contributed by atoms with Gasteiger partial charge in [-0.05, 0) is 33.6 Å². The molecule has 1 aliphatic rings. The van der Waals surface area contributed by atoms with Crippen molar-refractivity contribution >= 4 is 12.0 Å². The molecule has 0 radical (unpaired) electrons. The summed E-state index contributed by atoms with van der Waals surface area (Å²) in [6.07, 6.45) is -3.24. The van der Waals surface area contributed by atoms with Crippen LogP contribution in [0.1, 0.15) is 46.5 Å². The molecule has 0 aliphatic heterocycles. The molecule has 1 fully saturated rings. The summed E-state index contributed by atoms with van der Waals surface area (Å²) in [7, 11) is 0. The lowest BCUT2D eigenvalue weighted by Crippen LogP contribution is -2.56. The van der Waals surface area contributed by atoms with Gasteiger partial charge in [0.25, 0.3) is 0 Å². The number of ether oxygens (including phenoxy) is 1. The lowest BCUT2D eigenvalue weighted by molar-refractivity contribution is -0.174. The molecule has 0 aromatic rings. The Balaban J connectivity index is 2.61. The second-order valence-electron chi connectivity index (χ2n) is 6.11. The molecule has 1 aliphatic carbocycles. The quantitative estimate of drug-likeness (QED) is 0.823. The number of carbonyl (C=O) groups excluding carboxylic acids is 2. The van der Waals surface area contributed by atoms with Crippen LogP contribution in [-0.4, -0.2) is 35.9 Å². The summed E-state index contributed by atoms with van der Waals surface area (Å²) >= 11 is 0. The highest BCUT2D eigenvalue weighted by Gasteiger charge is 2.41. The molecule has 1 saturated carbocycles. The third-order valence-electron chi connectivity index (χ3n) is 3.04. The van der Waals surface area contributed by atoms with Crippen LogP contribution in [0.25, 0.3) is 0 Å². The van der Waals surface area contributed by atoms with Crippen molar-refractivity contribution in [2.45, 2.75) is 70.3 Å². The smallest absolute Gasteiger partial charge is 0.444 e. The van der Waals surface area contributed by atoms with Crippen LogP contribution in [0.15, 0.2) is 0 Å². The Morgan fingerprint density at radius 1 is 1.00 bits per heavy atom. The minimum Gasteiger partial charge on any atom is -0.444 e. The van der Waals surface area contributed by atoms with Gasteiger partial charge < -0.3 is 15.4 Å². The lowest BCUT2D eigenvalue weighted by Gasteiger charge is -2.33. The van der Waals surface area contributed by atoms with Crippen LogP contribution in [0.4, 0.5) is 18.0 Å². The summed E-state index contributed by atoms with van der Waals surface area (Å²) in [4.78, 5) is 22.7. The zero-order valence-electron chi connectivity index (χ0n) is 12.3. The number of alkyl carbamates (subject to hydrolysis) is 1. The van der Waals surface area contributed by atoms with Crippen molar-refractivity contribution in [3.63, 3.8) is 0 Å². The van der Waals surface area contributed by atoms with Crippen molar-refractivity contribution < 1.29 is 27.5 Å². The number of nitrogens with one attached hydrogen (secondary N) is 2. The molecule has 0 aromatic carbocycles. The van der Waals surface area contributed by atoms with E-state index in [0.29, 0.717) is 19.3 Å². The highest BCUT2D eigenvalue weighted by atomic mass is 19.4. The first-order valence-electron chi connectivity index (χ1n) is 6.86. The van der Waals surface area contributed by atoms with Crippen molar-refractivity contribution in [2.75, 3.05) is 0 Å². The molecule has 0 heterocycles. The molecule has 1 rings (SSSR count). The molecule has 122 valence electrons. The molecule has 0 bridgehead atoms. The van der Waals surface area contributed by atoms with Crippen molar-refractivity contribution in [1.82, 2.24) is 10.6 Å². The molecule has 2 amide bonds. The zero-order valence-corrected chi connectivity index (χ0v) is 12.3. The van der Waals surface area contributed by atoms with Gasteiger partial charge in [-0.3, -0.25) is 4.79 Å². The number of alkyl halides is 3. The molecule has 0 saturated heterocycles. The number of halogens is 3. The number of amides is 2. The first-order chi connectivity index (χ1) is 9.49. The van der Waals surface area contributed by atoms with Gasteiger partial charge in [0, 0.05) is 6.04 Å². The third-order valence-corrected chi connectivity index (χ3v) is 3.04. The highest BCUT2D eigenvalue weighted by molar-refractivity contribution is 5.82. The maximum atomic E-state index is 12.3. The van der Waals surface area contributed by atoms with Gasteiger partial charge in [0.2, 0.25) is 0 Å². The Bertz CT molecular complexity index is 391. The van der Waals surface area contributed by atoms with Gasteiger partial charge in [0.05, 0.1) is 6.04 Å². The SMILES string of the molecule is CC(C)(C)OC(=O)NC1CCCC[C@H]1NC(=O)C(F)(F)F. The van der Waals surface area contributed by atoms with Crippen molar-refractivity contribution in [3.8, 4) is 0 Å². The molecular weight excluding hydrogens is 289 g/mol. The Kier molecular flexibility index (Phi) is 5.47. The van der Waals surface area contributed by atoms with Gasteiger partial charge in [-0.2, -0.15) is 13.2 Å². The summed E-state index contributed by atoms with van der Waals surface area (Å²) in [6.45, 7) is 5.07. The lowest BCUT2D eigenvalue weighted by atomic mass is 9.90. The van der Waals surface area contributed by atoms with Gasteiger partial charge in [0.15, 0.2) is 0 Å². The first kappa shape index (κ1) is 17.6. The van der Waals surface area contributed by atoms with E-state index in [1.54, 1.807) is 20.8 Å². The Labute approximate surface area is 121 Å². The molecule has 8 heteroatoms. The second kappa shape index (κ2) is 6.53. The van der Waals surface area contributed by atoms with Gasteiger partial charge in [-0.1, -0.05) is 12.8 Å². The van der Waals surface area contributed by atoms with E-state index in [0.717, 1.165) is 6.42 Å². The fraction of sp³-hybridized carbons (Fsp3) is 0.846.